The third-order valence-corrected chi connectivity index (χ3v) is 5.49. The summed E-state index contributed by atoms with van der Waals surface area (Å²) >= 11 is 3.50. The van der Waals surface area contributed by atoms with Gasteiger partial charge < -0.3 is 15.5 Å². The smallest absolute Gasteiger partial charge is 0.222 e. The van der Waals surface area contributed by atoms with Crippen molar-refractivity contribution in [3.63, 3.8) is 0 Å². The average Bonchev–Trinajstić information content (AvgIpc) is 2.68. The third kappa shape index (κ3) is 7.51. The van der Waals surface area contributed by atoms with Gasteiger partial charge in [0.05, 0.1) is 0 Å². The Morgan fingerprint density at radius 3 is 2.18 bits per heavy atom. The van der Waals surface area contributed by atoms with Gasteiger partial charge in [-0.1, -0.05) is 41.9 Å². The molecule has 1 heterocycles. The number of carbonyl (C=O) groups is 1. The van der Waals surface area contributed by atoms with E-state index in [4.69, 9.17) is 0 Å². The lowest BCUT2D eigenvalue weighted by atomic mass is 10.1. The van der Waals surface area contributed by atoms with Gasteiger partial charge in [-0.2, -0.15) is 0 Å². The number of nitrogens with one attached hydrogen (secondary N) is 2. The number of amides is 1. The summed E-state index contributed by atoms with van der Waals surface area (Å²) in [4.78, 5) is 20.8. The monoisotopic (exact) mass is 565 g/mol. The van der Waals surface area contributed by atoms with Crippen molar-refractivity contribution in [2.24, 2.45) is 10.9 Å². The molecule has 1 atom stereocenters. The lowest BCUT2D eigenvalue weighted by Crippen LogP contribution is -2.53. The summed E-state index contributed by atoms with van der Waals surface area (Å²) in [5.41, 5.74) is 1.34. The summed E-state index contributed by atoms with van der Waals surface area (Å²) in [7, 11) is 1.81. The Hall–Kier alpha value is -0.870. The van der Waals surface area contributed by atoms with Crippen molar-refractivity contribution in [3.8, 4) is 0 Å². The molecule has 2 rings (SSSR count). The predicted octanol–water partition coefficient (Wildman–Crippen LogP) is 3.09. The molecule has 0 aromatic heterocycles. The van der Waals surface area contributed by atoms with Crippen molar-refractivity contribution in [1.82, 2.24) is 20.4 Å². The Labute approximate surface area is 194 Å². The van der Waals surface area contributed by atoms with Gasteiger partial charge in [-0.15, -0.1) is 24.0 Å². The van der Waals surface area contributed by atoms with Gasteiger partial charge in [0, 0.05) is 62.7 Å². The number of nitrogens with zero attached hydrogens (tertiary/aromatic N) is 3. The Balaban J connectivity index is 0.00000392. The van der Waals surface area contributed by atoms with Crippen LogP contribution < -0.4 is 10.6 Å². The van der Waals surface area contributed by atoms with Crippen molar-refractivity contribution in [1.29, 1.82) is 0 Å². The number of aliphatic imine (C=N–C) groups is 1. The largest absolute Gasteiger partial charge is 0.354 e. The highest BCUT2D eigenvalue weighted by atomic mass is 127. The highest BCUT2D eigenvalue weighted by Crippen LogP contribution is 2.23. The van der Waals surface area contributed by atoms with Crippen molar-refractivity contribution in [2.75, 3.05) is 46.3 Å². The van der Waals surface area contributed by atoms with Crippen LogP contribution in [0.4, 0.5) is 0 Å². The molecule has 2 N–H and O–H groups in total. The first-order chi connectivity index (χ1) is 12.9. The van der Waals surface area contributed by atoms with Crippen molar-refractivity contribution < 1.29 is 4.79 Å². The first-order valence-electron chi connectivity index (χ1n) is 9.65. The van der Waals surface area contributed by atoms with Gasteiger partial charge in [-0.25, -0.2) is 0 Å². The quantitative estimate of drug-likeness (QED) is 0.241. The molecule has 1 aliphatic heterocycles. The zero-order valence-electron chi connectivity index (χ0n) is 17.2. The van der Waals surface area contributed by atoms with Crippen molar-refractivity contribution >= 4 is 51.8 Å². The van der Waals surface area contributed by atoms with Gasteiger partial charge in [0.15, 0.2) is 5.96 Å². The minimum Gasteiger partial charge on any atom is -0.354 e. The van der Waals surface area contributed by atoms with Crippen LogP contribution in [0.5, 0.6) is 0 Å². The van der Waals surface area contributed by atoms with E-state index in [0.717, 1.165) is 36.6 Å². The van der Waals surface area contributed by atoms with E-state index < -0.39 is 0 Å². The zero-order chi connectivity index (χ0) is 19.8. The first kappa shape index (κ1) is 25.2. The fourth-order valence-electron chi connectivity index (χ4n) is 3.17. The molecule has 1 aliphatic rings. The van der Waals surface area contributed by atoms with Crippen LogP contribution in [0.25, 0.3) is 0 Å². The zero-order valence-corrected chi connectivity index (χ0v) is 21.2. The molecule has 1 amide bonds. The minimum absolute atomic E-state index is 0. The standard InChI is InChI=1S/C20H32BrN5O.HI/c1-15(2)19(27)23-9-10-24-20(22-4)26-13-11-25(12-14-26)16(3)17-5-7-18(21)8-6-17;/h5-8,15-16H,9-14H2,1-4H3,(H,22,24)(H,23,27);1H. The topological polar surface area (TPSA) is 60.0 Å². The molecule has 1 aromatic rings. The van der Waals surface area contributed by atoms with Gasteiger partial charge >= 0.3 is 0 Å². The molecular weight excluding hydrogens is 533 g/mol. The first-order valence-corrected chi connectivity index (χ1v) is 10.4. The highest BCUT2D eigenvalue weighted by molar-refractivity contribution is 14.0. The maximum atomic E-state index is 11.6. The number of guanidine groups is 1. The van der Waals surface area contributed by atoms with E-state index in [1.165, 1.54) is 5.56 Å². The number of hydrogen-bond acceptors (Lipinski definition) is 3. The lowest BCUT2D eigenvalue weighted by Gasteiger charge is -2.39. The van der Waals surface area contributed by atoms with E-state index in [1.807, 2.05) is 20.9 Å². The summed E-state index contributed by atoms with van der Waals surface area (Å²) in [6.07, 6.45) is 0. The molecule has 1 saturated heterocycles. The van der Waals surface area contributed by atoms with Crippen LogP contribution in [-0.4, -0.2) is 68.0 Å². The van der Waals surface area contributed by atoms with Crippen molar-refractivity contribution in [2.45, 2.75) is 26.8 Å². The molecule has 0 radical (unpaired) electrons. The van der Waals surface area contributed by atoms with E-state index >= 15 is 0 Å². The van der Waals surface area contributed by atoms with Crippen LogP contribution in [0.2, 0.25) is 0 Å². The molecule has 0 aliphatic carbocycles. The second-order valence-corrected chi connectivity index (χ2v) is 8.09. The number of carbonyl (C=O) groups excluding carboxylic acids is 1. The van der Waals surface area contributed by atoms with Crippen LogP contribution in [0, 0.1) is 5.92 Å². The van der Waals surface area contributed by atoms with Gasteiger partial charge in [-0.3, -0.25) is 14.7 Å². The average molecular weight is 566 g/mol. The van der Waals surface area contributed by atoms with Crippen LogP contribution in [0.1, 0.15) is 32.4 Å². The molecule has 0 spiro atoms. The Morgan fingerprint density at radius 2 is 1.64 bits per heavy atom. The molecule has 28 heavy (non-hydrogen) atoms. The molecular formula is C20H33BrIN5O. The molecule has 1 aromatic carbocycles. The summed E-state index contributed by atoms with van der Waals surface area (Å²) in [5, 5.41) is 6.27. The molecule has 1 unspecified atom stereocenters. The second-order valence-electron chi connectivity index (χ2n) is 7.17. The maximum Gasteiger partial charge on any atom is 0.222 e. The van der Waals surface area contributed by atoms with Crippen LogP contribution in [0.15, 0.2) is 33.7 Å². The normalized spacial score (nSPS) is 16.5. The summed E-state index contributed by atoms with van der Waals surface area (Å²) in [6, 6.07) is 8.99. The minimum atomic E-state index is 0. The van der Waals surface area contributed by atoms with Gasteiger partial charge in [0.1, 0.15) is 0 Å². The molecule has 0 saturated carbocycles. The summed E-state index contributed by atoms with van der Waals surface area (Å²) < 4.78 is 1.11. The molecule has 8 heteroatoms. The number of piperazine rings is 1. The summed E-state index contributed by atoms with van der Waals surface area (Å²) in [5.74, 6) is 1.01. The van der Waals surface area contributed by atoms with Crippen molar-refractivity contribution in [3.05, 3.63) is 34.3 Å². The van der Waals surface area contributed by atoms with Crippen LogP contribution >= 0.6 is 39.9 Å². The van der Waals surface area contributed by atoms with E-state index in [9.17, 15) is 4.79 Å². The lowest BCUT2D eigenvalue weighted by molar-refractivity contribution is -0.123. The van der Waals surface area contributed by atoms with E-state index in [1.54, 1.807) is 0 Å². The van der Waals surface area contributed by atoms with E-state index in [0.29, 0.717) is 19.1 Å². The fourth-order valence-corrected chi connectivity index (χ4v) is 3.43. The Morgan fingerprint density at radius 1 is 1.07 bits per heavy atom. The SMILES string of the molecule is CN=C(NCCNC(=O)C(C)C)N1CCN(C(C)c2ccc(Br)cc2)CC1.I. The van der Waals surface area contributed by atoms with Gasteiger partial charge in [-0.05, 0) is 24.6 Å². The predicted molar refractivity (Wildman–Crippen MR) is 130 cm³/mol. The summed E-state index contributed by atoms with van der Waals surface area (Å²) in [6.45, 7) is 11.2. The molecule has 0 bridgehead atoms. The van der Waals surface area contributed by atoms with Gasteiger partial charge in [0.25, 0.3) is 0 Å². The number of rotatable bonds is 6. The number of hydrogen-bond donors (Lipinski definition) is 2. The Bertz CT molecular complexity index is 630. The Kier molecular flexibility index (Phi) is 11.4. The van der Waals surface area contributed by atoms with E-state index in [-0.39, 0.29) is 35.8 Å². The molecule has 6 nitrogen and oxygen atoms in total. The molecule has 158 valence electrons. The number of benzene rings is 1. The maximum absolute atomic E-state index is 11.6. The van der Waals surface area contributed by atoms with Crippen LogP contribution in [-0.2, 0) is 4.79 Å². The van der Waals surface area contributed by atoms with Gasteiger partial charge in [0.2, 0.25) is 5.91 Å². The third-order valence-electron chi connectivity index (χ3n) is 4.96. The fraction of sp³-hybridized carbons (Fsp3) is 0.600. The second kappa shape index (κ2) is 12.6. The number of halogens is 2. The molecule has 1 fully saturated rings. The van der Waals surface area contributed by atoms with Crippen LogP contribution in [0.3, 0.4) is 0 Å². The van der Waals surface area contributed by atoms with E-state index in [2.05, 4.69) is 72.5 Å². The highest BCUT2D eigenvalue weighted by Gasteiger charge is 2.23.